The number of nitrogens with zero attached hydrogens (tertiary/aromatic N) is 4. The molecule has 0 saturated carbocycles. The van der Waals surface area contributed by atoms with E-state index in [9.17, 15) is 0 Å². The van der Waals surface area contributed by atoms with E-state index in [2.05, 4.69) is 16.0 Å². The molecule has 0 saturated heterocycles. The first kappa shape index (κ1) is 17.6. The lowest BCUT2D eigenvalue weighted by Crippen LogP contribution is -2.07. The van der Waals surface area contributed by atoms with Crippen LogP contribution in [0.1, 0.15) is 0 Å². The molecule has 0 bridgehead atoms. The second-order valence-electron chi connectivity index (χ2n) is 5.65. The highest BCUT2D eigenvalue weighted by Crippen LogP contribution is 2.42. The number of anilines is 2. The number of rotatable bonds is 6. The molecule has 0 N–H and O–H groups in total. The minimum absolute atomic E-state index is 0.556. The first-order valence-electron chi connectivity index (χ1n) is 8.08. The third-order valence-electron chi connectivity index (χ3n) is 4.16. The van der Waals surface area contributed by atoms with Gasteiger partial charge >= 0.3 is 0 Å². The summed E-state index contributed by atoms with van der Waals surface area (Å²) in [6.45, 7) is 0. The molecule has 140 valence electrons. The van der Waals surface area contributed by atoms with Crippen molar-refractivity contribution in [1.82, 2.24) is 14.6 Å². The van der Waals surface area contributed by atoms with Gasteiger partial charge in [-0.2, -0.15) is 0 Å². The minimum Gasteiger partial charge on any atom is -0.493 e. The smallest absolute Gasteiger partial charge is 0.214 e. The Kier molecular flexibility index (Phi) is 4.63. The highest BCUT2D eigenvalue weighted by atomic mass is 32.1. The van der Waals surface area contributed by atoms with E-state index in [1.54, 1.807) is 38.9 Å². The summed E-state index contributed by atoms with van der Waals surface area (Å²) in [5, 5.41) is 8.79. The molecule has 3 aromatic heterocycles. The zero-order valence-electron chi connectivity index (χ0n) is 15.3. The van der Waals surface area contributed by atoms with E-state index in [4.69, 9.17) is 19.3 Å². The van der Waals surface area contributed by atoms with Crippen molar-refractivity contribution < 1.29 is 14.2 Å². The molecular weight excluding hydrogens is 384 g/mol. The molecule has 0 fully saturated rings. The van der Waals surface area contributed by atoms with Gasteiger partial charge in [-0.15, -0.1) is 16.4 Å². The molecule has 0 amide bonds. The number of hydrogen-bond donors (Lipinski definition) is 0. The lowest BCUT2D eigenvalue weighted by atomic mass is 10.1. The van der Waals surface area contributed by atoms with E-state index in [1.807, 2.05) is 35.1 Å². The van der Waals surface area contributed by atoms with Crippen LogP contribution in [-0.4, -0.2) is 43.0 Å². The molecule has 7 nitrogen and oxygen atoms in total. The number of hydrogen-bond acceptors (Lipinski definition) is 8. The monoisotopic (exact) mass is 402 g/mol. The highest BCUT2D eigenvalue weighted by Gasteiger charge is 2.19. The Morgan fingerprint density at radius 1 is 1.07 bits per heavy atom. The van der Waals surface area contributed by atoms with Crippen LogP contribution in [0.3, 0.4) is 0 Å². The summed E-state index contributed by atoms with van der Waals surface area (Å²) in [5.74, 6) is 1.74. The van der Waals surface area contributed by atoms with Gasteiger partial charge in [0, 0.05) is 12.6 Å². The standard InChI is InChI=1S/C18H18N4O3S2/c1-21(15-6-5-7-26-15)18-20-22-12(10-19-17(22)27-18)11-8-13(23-2)16(25-4)14(9-11)24-3/h5-10H,1-4H3. The molecule has 0 unspecified atom stereocenters. The van der Waals surface area contributed by atoms with Crippen LogP contribution in [-0.2, 0) is 0 Å². The predicted molar refractivity (Wildman–Crippen MR) is 108 cm³/mol. The highest BCUT2D eigenvalue weighted by molar-refractivity contribution is 7.21. The molecule has 0 radical (unpaired) electrons. The van der Waals surface area contributed by atoms with Crippen molar-refractivity contribution in [1.29, 1.82) is 0 Å². The Balaban J connectivity index is 1.80. The van der Waals surface area contributed by atoms with Gasteiger partial charge in [-0.25, -0.2) is 9.50 Å². The molecule has 0 aliphatic rings. The Bertz CT molecular complexity index is 1050. The molecule has 9 heteroatoms. The predicted octanol–water partition coefficient (Wildman–Crippen LogP) is 4.31. The van der Waals surface area contributed by atoms with Gasteiger partial charge < -0.3 is 19.1 Å². The third kappa shape index (κ3) is 2.98. The molecule has 1 aromatic carbocycles. The van der Waals surface area contributed by atoms with E-state index < -0.39 is 0 Å². The van der Waals surface area contributed by atoms with Crippen molar-refractivity contribution in [2.75, 3.05) is 33.3 Å². The SMILES string of the molecule is COc1cc(-c2cnc3sc(N(C)c4cccs4)nn23)cc(OC)c1OC. The third-order valence-corrected chi connectivity index (χ3v) is 6.10. The van der Waals surface area contributed by atoms with Gasteiger partial charge in [0.05, 0.1) is 38.2 Å². The lowest BCUT2D eigenvalue weighted by molar-refractivity contribution is 0.324. The van der Waals surface area contributed by atoms with Crippen molar-refractivity contribution in [3.05, 3.63) is 35.8 Å². The van der Waals surface area contributed by atoms with E-state index >= 15 is 0 Å². The first-order chi connectivity index (χ1) is 13.2. The second kappa shape index (κ2) is 7.09. The fourth-order valence-corrected chi connectivity index (χ4v) is 4.41. The quantitative estimate of drug-likeness (QED) is 0.479. The molecular formula is C18H18N4O3S2. The zero-order chi connectivity index (χ0) is 19.0. The van der Waals surface area contributed by atoms with Crippen molar-refractivity contribution in [2.45, 2.75) is 0 Å². The first-order valence-corrected chi connectivity index (χ1v) is 9.78. The zero-order valence-corrected chi connectivity index (χ0v) is 16.9. The summed E-state index contributed by atoms with van der Waals surface area (Å²) < 4.78 is 18.2. The summed E-state index contributed by atoms with van der Waals surface area (Å²) in [4.78, 5) is 7.39. The van der Waals surface area contributed by atoms with Crippen LogP contribution < -0.4 is 19.1 Å². The number of benzene rings is 1. The number of fused-ring (bicyclic) bond motifs is 1. The summed E-state index contributed by atoms with van der Waals surface area (Å²) in [7, 11) is 6.79. The van der Waals surface area contributed by atoms with Gasteiger partial charge in [-0.1, -0.05) is 11.3 Å². The maximum atomic E-state index is 5.46. The summed E-state index contributed by atoms with van der Waals surface area (Å²) in [5.41, 5.74) is 1.74. The number of aromatic nitrogens is 3. The molecule has 0 aliphatic carbocycles. The van der Waals surface area contributed by atoms with Gasteiger partial charge in [0.1, 0.15) is 0 Å². The fraction of sp³-hybridized carbons (Fsp3) is 0.222. The minimum atomic E-state index is 0.556. The van der Waals surface area contributed by atoms with Crippen molar-refractivity contribution in [3.8, 4) is 28.5 Å². The van der Waals surface area contributed by atoms with E-state index in [0.717, 1.165) is 26.4 Å². The van der Waals surface area contributed by atoms with E-state index in [1.165, 1.54) is 11.3 Å². The Labute approximate surface area is 164 Å². The van der Waals surface area contributed by atoms with Gasteiger partial charge in [-0.05, 0) is 29.6 Å². The van der Waals surface area contributed by atoms with Crippen LogP contribution in [0.4, 0.5) is 10.1 Å². The van der Waals surface area contributed by atoms with E-state index in [-0.39, 0.29) is 0 Å². The molecule has 27 heavy (non-hydrogen) atoms. The average molecular weight is 403 g/mol. The number of thiophene rings is 1. The number of imidazole rings is 1. The van der Waals surface area contributed by atoms with Crippen LogP contribution in [0, 0.1) is 0 Å². The van der Waals surface area contributed by atoms with Gasteiger partial charge in [0.15, 0.2) is 11.5 Å². The Morgan fingerprint density at radius 2 is 1.81 bits per heavy atom. The van der Waals surface area contributed by atoms with Crippen LogP contribution in [0.25, 0.3) is 16.2 Å². The van der Waals surface area contributed by atoms with Crippen LogP contribution in [0.15, 0.2) is 35.8 Å². The summed E-state index contributed by atoms with van der Waals surface area (Å²) >= 11 is 3.20. The summed E-state index contributed by atoms with van der Waals surface area (Å²) in [6.07, 6.45) is 1.80. The van der Waals surface area contributed by atoms with Crippen LogP contribution in [0.2, 0.25) is 0 Å². The molecule has 0 aliphatic heterocycles. The van der Waals surface area contributed by atoms with E-state index in [0.29, 0.717) is 17.2 Å². The van der Waals surface area contributed by atoms with Crippen LogP contribution >= 0.6 is 22.7 Å². The topological polar surface area (TPSA) is 61.1 Å². The second-order valence-corrected chi connectivity index (χ2v) is 7.51. The van der Waals surface area contributed by atoms with Gasteiger partial charge in [0.25, 0.3) is 0 Å². The molecule has 4 rings (SSSR count). The van der Waals surface area contributed by atoms with Crippen molar-refractivity contribution >= 4 is 37.8 Å². The van der Waals surface area contributed by atoms with Gasteiger partial charge in [0.2, 0.25) is 15.8 Å². The Morgan fingerprint density at radius 3 is 2.41 bits per heavy atom. The normalized spacial score (nSPS) is 11.0. The summed E-state index contributed by atoms with van der Waals surface area (Å²) in [6, 6.07) is 7.88. The van der Waals surface area contributed by atoms with Gasteiger partial charge in [-0.3, -0.25) is 0 Å². The maximum Gasteiger partial charge on any atom is 0.214 e. The fourth-order valence-electron chi connectivity index (χ4n) is 2.80. The molecule has 3 heterocycles. The largest absolute Gasteiger partial charge is 0.493 e. The van der Waals surface area contributed by atoms with Crippen LogP contribution in [0.5, 0.6) is 17.2 Å². The average Bonchev–Trinajstić information content (AvgIpc) is 3.42. The maximum absolute atomic E-state index is 5.46. The molecule has 0 atom stereocenters. The number of ether oxygens (including phenoxy) is 3. The Hall–Kier alpha value is -2.78. The molecule has 4 aromatic rings. The lowest BCUT2D eigenvalue weighted by Gasteiger charge is -2.14. The molecule has 0 spiro atoms. The van der Waals surface area contributed by atoms with Crippen molar-refractivity contribution in [2.24, 2.45) is 0 Å². The van der Waals surface area contributed by atoms with Crippen molar-refractivity contribution in [3.63, 3.8) is 0 Å². The number of methoxy groups -OCH3 is 3.